The number of hydrogen-bond acceptors (Lipinski definition) is 5. The number of aromatic nitrogens is 2. The van der Waals surface area contributed by atoms with E-state index in [1.807, 2.05) is 76.2 Å². The number of benzene rings is 2. The van der Waals surface area contributed by atoms with Crippen LogP contribution < -0.4 is 16.2 Å². The highest BCUT2D eigenvalue weighted by Crippen LogP contribution is 2.32. The monoisotopic (exact) mass is 312 g/mol. The minimum absolute atomic E-state index is 0.155. The molecular weight excluding hydrogens is 288 g/mol. The van der Waals surface area contributed by atoms with Gasteiger partial charge in [0.15, 0.2) is 0 Å². The number of nitrogens with two attached hydrogens (primary N) is 2. The van der Waals surface area contributed by atoms with Crippen molar-refractivity contribution in [2.45, 2.75) is 27.7 Å². The molecule has 0 atom stereocenters. The predicted molar refractivity (Wildman–Crippen MR) is 97.6 cm³/mol. The molecule has 0 aliphatic heterocycles. The van der Waals surface area contributed by atoms with Gasteiger partial charge in [0.2, 0.25) is 5.95 Å². The third-order valence-electron chi connectivity index (χ3n) is 2.70. The Morgan fingerprint density at radius 3 is 2.09 bits per heavy atom. The fraction of sp³-hybridized carbons (Fsp3) is 0.222. The Hall–Kier alpha value is -2.82. The highest BCUT2D eigenvalue weighted by molar-refractivity contribution is 5.94. The van der Waals surface area contributed by atoms with Crippen LogP contribution >= 0.6 is 0 Å². The van der Waals surface area contributed by atoms with Crippen LogP contribution in [-0.2, 0) is 0 Å². The van der Waals surface area contributed by atoms with Crippen molar-refractivity contribution in [3.63, 3.8) is 0 Å². The summed E-state index contributed by atoms with van der Waals surface area (Å²) in [6.45, 7) is 8.00. The smallest absolute Gasteiger partial charge is 0.222 e. The quantitative estimate of drug-likeness (QED) is 0.720. The summed E-state index contributed by atoms with van der Waals surface area (Å²) >= 11 is 0. The second kappa shape index (κ2) is 9.25. The first-order chi connectivity index (χ1) is 11.2. The van der Waals surface area contributed by atoms with Crippen LogP contribution in [0.3, 0.4) is 0 Å². The van der Waals surface area contributed by atoms with Crippen molar-refractivity contribution in [1.29, 1.82) is 0 Å². The van der Waals surface area contributed by atoms with Gasteiger partial charge in [-0.15, -0.1) is 0 Å². The number of rotatable bonds is 2. The lowest BCUT2D eigenvalue weighted by Gasteiger charge is -2.10. The first-order valence-electron chi connectivity index (χ1n) is 7.78. The number of ether oxygens (including phenoxy) is 1. The van der Waals surface area contributed by atoms with Gasteiger partial charge in [0.05, 0.1) is 10.9 Å². The fourth-order valence-electron chi connectivity index (χ4n) is 1.90. The van der Waals surface area contributed by atoms with Gasteiger partial charge in [-0.2, -0.15) is 4.98 Å². The molecule has 0 spiro atoms. The first-order valence-corrected chi connectivity index (χ1v) is 7.78. The Kier molecular flexibility index (Phi) is 7.33. The van der Waals surface area contributed by atoms with Crippen molar-refractivity contribution in [1.82, 2.24) is 9.97 Å². The van der Waals surface area contributed by atoms with Crippen molar-refractivity contribution >= 4 is 22.7 Å². The van der Waals surface area contributed by atoms with E-state index in [2.05, 4.69) is 9.97 Å². The van der Waals surface area contributed by atoms with E-state index in [1.54, 1.807) is 0 Å². The Balaban J connectivity index is 0.000000615. The molecule has 0 saturated carbocycles. The Bertz CT molecular complexity index is 730. The van der Waals surface area contributed by atoms with Crippen molar-refractivity contribution < 1.29 is 4.74 Å². The highest BCUT2D eigenvalue weighted by Gasteiger charge is 2.09. The van der Waals surface area contributed by atoms with Gasteiger partial charge in [-0.1, -0.05) is 52.0 Å². The number of nitrogens with zero attached hydrogens (tertiary/aromatic N) is 2. The summed E-state index contributed by atoms with van der Waals surface area (Å²) in [6, 6.07) is 14.9. The molecule has 4 N–H and O–H groups in total. The average molecular weight is 312 g/mol. The molecule has 0 fully saturated rings. The van der Waals surface area contributed by atoms with E-state index in [4.69, 9.17) is 16.2 Å². The maximum atomic E-state index is 5.90. The molecule has 122 valence electrons. The van der Waals surface area contributed by atoms with Gasteiger partial charge in [0.1, 0.15) is 17.3 Å². The minimum Gasteiger partial charge on any atom is -0.457 e. The van der Waals surface area contributed by atoms with Crippen LogP contribution in [0.1, 0.15) is 27.7 Å². The molecule has 1 aromatic heterocycles. The average Bonchev–Trinajstić information content (AvgIpc) is 2.59. The van der Waals surface area contributed by atoms with Crippen molar-refractivity contribution in [3.05, 3.63) is 48.5 Å². The summed E-state index contributed by atoms with van der Waals surface area (Å²) < 4.78 is 5.81. The molecule has 0 aliphatic carbocycles. The summed E-state index contributed by atoms with van der Waals surface area (Å²) in [6.07, 6.45) is 0. The van der Waals surface area contributed by atoms with E-state index in [1.165, 1.54) is 0 Å². The van der Waals surface area contributed by atoms with Gasteiger partial charge in [-0.3, -0.25) is 0 Å². The molecule has 0 radical (unpaired) electrons. The topological polar surface area (TPSA) is 87.0 Å². The van der Waals surface area contributed by atoms with Gasteiger partial charge >= 0.3 is 0 Å². The van der Waals surface area contributed by atoms with Crippen LogP contribution in [0, 0.1) is 0 Å². The van der Waals surface area contributed by atoms with Gasteiger partial charge in [-0.05, 0) is 24.3 Å². The normalized spacial score (nSPS) is 9.22. The molecule has 1 heterocycles. The third-order valence-corrected chi connectivity index (χ3v) is 2.70. The Labute approximate surface area is 137 Å². The second-order valence-corrected chi connectivity index (χ2v) is 4.03. The lowest BCUT2D eigenvalue weighted by atomic mass is 10.2. The van der Waals surface area contributed by atoms with Crippen molar-refractivity contribution in [2.75, 3.05) is 11.5 Å². The van der Waals surface area contributed by atoms with E-state index in [0.29, 0.717) is 22.5 Å². The predicted octanol–water partition coefficient (Wildman–Crippen LogP) is 4.64. The van der Waals surface area contributed by atoms with E-state index in [0.717, 1.165) is 5.75 Å². The molecule has 3 rings (SSSR count). The van der Waals surface area contributed by atoms with E-state index >= 15 is 0 Å². The van der Waals surface area contributed by atoms with Crippen LogP contribution in [-0.4, -0.2) is 9.97 Å². The van der Waals surface area contributed by atoms with E-state index < -0.39 is 0 Å². The summed E-state index contributed by atoms with van der Waals surface area (Å²) in [7, 11) is 0. The first kappa shape index (κ1) is 18.2. The molecule has 0 amide bonds. The highest BCUT2D eigenvalue weighted by atomic mass is 16.5. The summed E-state index contributed by atoms with van der Waals surface area (Å²) in [5, 5.41) is 0.667. The van der Waals surface area contributed by atoms with Gasteiger partial charge in [0.25, 0.3) is 0 Å². The van der Waals surface area contributed by atoms with Crippen molar-refractivity contribution in [2.24, 2.45) is 0 Å². The van der Waals surface area contributed by atoms with Gasteiger partial charge in [0, 0.05) is 0 Å². The SMILES string of the molecule is CC.CC.Nc1nc(N)c2c(Oc3ccccc3)cccc2n1. The van der Waals surface area contributed by atoms with Crippen LogP contribution in [0.25, 0.3) is 10.9 Å². The molecule has 0 saturated heterocycles. The Morgan fingerprint density at radius 2 is 1.43 bits per heavy atom. The minimum atomic E-state index is 0.155. The molecule has 0 aliphatic rings. The van der Waals surface area contributed by atoms with Crippen LogP contribution in [0.4, 0.5) is 11.8 Å². The molecule has 23 heavy (non-hydrogen) atoms. The fourth-order valence-corrected chi connectivity index (χ4v) is 1.90. The summed E-state index contributed by atoms with van der Waals surface area (Å²) in [4.78, 5) is 8.11. The zero-order valence-electron chi connectivity index (χ0n) is 14.1. The van der Waals surface area contributed by atoms with Crippen LogP contribution in [0.5, 0.6) is 11.5 Å². The van der Waals surface area contributed by atoms with Gasteiger partial charge in [-0.25, -0.2) is 4.98 Å². The zero-order chi connectivity index (χ0) is 17.2. The molecule has 0 bridgehead atoms. The summed E-state index contributed by atoms with van der Waals surface area (Å²) in [5.74, 6) is 1.81. The lowest BCUT2D eigenvalue weighted by Crippen LogP contribution is -2.01. The van der Waals surface area contributed by atoms with Crippen LogP contribution in [0.15, 0.2) is 48.5 Å². The van der Waals surface area contributed by atoms with E-state index in [-0.39, 0.29) is 5.95 Å². The molecule has 2 aromatic carbocycles. The molecule has 0 unspecified atom stereocenters. The maximum absolute atomic E-state index is 5.90. The van der Waals surface area contributed by atoms with Gasteiger partial charge < -0.3 is 16.2 Å². The van der Waals surface area contributed by atoms with E-state index in [9.17, 15) is 0 Å². The second-order valence-electron chi connectivity index (χ2n) is 4.03. The number of nitrogen functional groups attached to an aromatic ring is 2. The number of hydrogen-bond donors (Lipinski definition) is 2. The molecular formula is C18H24N4O. The lowest BCUT2D eigenvalue weighted by molar-refractivity contribution is 0.488. The third kappa shape index (κ3) is 4.57. The molecule has 5 nitrogen and oxygen atoms in total. The number of anilines is 2. The van der Waals surface area contributed by atoms with Crippen molar-refractivity contribution in [3.8, 4) is 11.5 Å². The maximum Gasteiger partial charge on any atom is 0.222 e. The largest absolute Gasteiger partial charge is 0.457 e. The number of para-hydroxylation sites is 1. The zero-order valence-corrected chi connectivity index (χ0v) is 14.1. The van der Waals surface area contributed by atoms with Crippen LogP contribution in [0.2, 0.25) is 0 Å². The molecule has 3 aromatic rings. The number of fused-ring (bicyclic) bond motifs is 1. The molecule has 5 heteroatoms. The Morgan fingerprint density at radius 1 is 0.783 bits per heavy atom. The summed E-state index contributed by atoms with van der Waals surface area (Å²) in [5.41, 5.74) is 12.1. The standard InChI is InChI=1S/C14H12N4O.2C2H6/c15-13-12-10(17-14(16)18-13)7-4-8-11(12)19-9-5-2-1-3-6-9;2*1-2/h1-8H,(H4,15,16,17,18);2*1-2H3.